The Kier molecular flexibility index (Phi) is 11.4. The Bertz CT molecular complexity index is 1970. The number of ketones is 1. The quantitative estimate of drug-likeness (QED) is 0.131. The first-order chi connectivity index (χ1) is 25.3. The normalized spacial score (nSPS) is 19.5. The molecule has 3 heterocycles. The van der Waals surface area contributed by atoms with Gasteiger partial charge < -0.3 is 24.8 Å². The Morgan fingerprint density at radius 3 is 2.44 bits per heavy atom. The minimum atomic E-state index is -0.177. The monoisotopic (exact) mass is 786 g/mol. The first-order valence-electron chi connectivity index (χ1n) is 18.2. The van der Waals surface area contributed by atoms with Crippen LogP contribution < -0.4 is 24.8 Å². The summed E-state index contributed by atoms with van der Waals surface area (Å²) < 4.78 is 18.8. The Balaban J connectivity index is 1.06. The molecule has 2 N–H and O–H groups in total. The predicted octanol–water partition coefficient (Wildman–Crippen LogP) is 8.37. The van der Waals surface area contributed by atoms with Crippen LogP contribution in [-0.4, -0.2) is 48.5 Å². The van der Waals surface area contributed by atoms with E-state index < -0.39 is 0 Å². The van der Waals surface area contributed by atoms with Crippen LogP contribution in [0.4, 0.5) is 0 Å². The van der Waals surface area contributed by atoms with E-state index in [9.17, 15) is 9.59 Å². The highest BCUT2D eigenvalue weighted by atomic mass is 79.9. The van der Waals surface area contributed by atoms with Crippen LogP contribution in [0.15, 0.2) is 59.1 Å². The van der Waals surface area contributed by atoms with Crippen molar-refractivity contribution in [2.45, 2.75) is 82.9 Å². The molecule has 0 unspecified atom stereocenters. The summed E-state index contributed by atoms with van der Waals surface area (Å²) in [4.78, 5) is 32.8. The summed E-state index contributed by atoms with van der Waals surface area (Å²) in [6.07, 6.45) is 7.95. The van der Waals surface area contributed by atoms with E-state index in [-0.39, 0.29) is 18.1 Å². The average Bonchev–Trinajstić information content (AvgIpc) is 3.89. The number of nitrogens with one attached hydrogen (secondary N) is 2. The van der Waals surface area contributed by atoms with Gasteiger partial charge in [-0.25, -0.2) is 4.98 Å². The van der Waals surface area contributed by atoms with E-state index >= 15 is 0 Å². The lowest BCUT2D eigenvalue weighted by molar-refractivity contribution is -0.119. The van der Waals surface area contributed by atoms with Gasteiger partial charge in [0.05, 0.1) is 29.4 Å². The molecule has 2 aliphatic carbocycles. The zero-order chi connectivity index (χ0) is 36.2. The van der Waals surface area contributed by atoms with Gasteiger partial charge in [-0.05, 0) is 102 Å². The van der Waals surface area contributed by atoms with E-state index in [1.807, 2.05) is 30.3 Å². The van der Waals surface area contributed by atoms with Crippen molar-refractivity contribution in [3.05, 3.63) is 86.3 Å². The highest BCUT2D eigenvalue weighted by Crippen LogP contribution is 2.45. The number of rotatable bonds is 14. The number of methoxy groups -OCH3 is 2. The van der Waals surface area contributed by atoms with E-state index in [4.69, 9.17) is 35.8 Å². The van der Waals surface area contributed by atoms with Gasteiger partial charge in [-0.1, -0.05) is 54.1 Å². The summed E-state index contributed by atoms with van der Waals surface area (Å²) in [5.74, 6) is 2.51. The van der Waals surface area contributed by atoms with Crippen molar-refractivity contribution in [3.8, 4) is 40.0 Å². The Labute approximate surface area is 318 Å². The highest BCUT2D eigenvalue weighted by Gasteiger charge is 2.29. The molecule has 0 radical (unpaired) electrons. The summed E-state index contributed by atoms with van der Waals surface area (Å²) in [6, 6.07) is 18.7. The number of halogens is 2. The van der Waals surface area contributed by atoms with Crippen LogP contribution in [0, 0.1) is 5.92 Å². The Morgan fingerprint density at radius 2 is 1.67 bits per heavy atom. The maximum atomic E-state index is 11.6. The molecule has 1 aliphatic heterocycles. The molecule has 3 aliphatic rings. The van der Waals surface area contributed by atoms with Crippen molar-refractivity contribution in [1.82, 2.24) is 20.6 Å². The first kappa shape index (κ1) is 36.4. The average molecular weight is 788 g/mol. The molecule has 7 rings (SSSR count). The van der Waals surface area contributed by atoms with Crippen LogP contribution in [0.5, 0.6) is 17.6 Å². The van der Waals surface area contributed by atoms with Gasteiger partial charge in [-0.3, -0.25) is 9.59 Å². The van der Waals surface area contributed by atoms with Crippen LogP contribution in [0.2, 0.25) is 5.02 Å². The van der Waals surface area contributed by atoms with Gasteiger partial charge in [0.2, 0.25) is 23.5 Å². The SMILES string of the molecule is COc1nc(-c2cccc(-c3cccc4c3CC[C@@H]4Oc3nc(OC)c(CCC[C@@H]4CCC(=O)N4)cc3Br)c2Cl)ccc1CNC[C@@H]1CCC(=O)C1. The number of aryl methyl sites for hydroxylation is 1. The number of amides is 1. The summed E-state index contributed by atoms with van der Waals surface area (Å²) in [5.41, 5.74) is 7.88. The van der Waals surface area contributed by atoms with Gasteiger partial charge in [0, 0.05) is 54.1 Å². The number of aromatic nitrogens is 2. The molecule has 1 amide bonds. The minimum absolute atomic E-state index is 0.144. The van der Waals surface area contributed by atoms with Gasteiger partial charge in [-0.15, -0.1) is 0 Å². The number of fused-ring (bicyclic) bond motifs is 1. The smallest absolute Gasteiger partial charge is 0.231 e. The molecule has 2 aromatic carbocycles. The second-order valence-corrected chi connectivity index (χ2v) is 15.2. The lowest BCUT2D eigenvalue weighted by Crippen LogP contribution is -2.25. The zero-order valence-corrected chi connectivity index (χ0v) is 31.9. The van der Waals surface area contributed by atoms with Gasteiger partial charge in [0.15, 0.2) is 0 Å². The molecule has 2 fully saturated rings. The van der Waals surface area contributed by atoms with Crippen molar-refractivity contribution in [3.63, 3.8) is 0 Å². The van der Waals surface area contributed by atoms with E-state index in [1.54, 1.807) is 14.2 Å². The number of hydrogen-bond acceptors (Lipinski definition) is 8. The number of nitrogens with zero attached hydrogens (tertiary/aromatic N) is 2. The predicted molar refractivity (Wildman–Crippen MR) is 205 cm³/mol. The molecule has 1 saturated heterocycles. The second kappa shape index (κ2) is 16.4. The van der Waals surface area contributed by atoms with Gasteiger partial charge in [0.25, 0.3) is 0 Å². The molecule has 2 aromatic heterocycles. The number of carbonyl (C=O) groups is 2. The third kappa shape index (κ3) is 7.99. The fourth-order valence-electron chi connectivity index (χ4n) is 7.84. The third-order valence-corrected chi connectivity index (χ3v) is 11.5. The molecule has 3 atom stereocenters. The maximum absolute atomic E-state index is 11.6. The largest absolute Gasteiger partial charge is 0.481 e. The molecule has 9 nitrogen and oxygen atoms in total. The number of benzene rings is 2. The molecule has 0 spiro atoms. The number of pyridine rings is 2. The van der Waals surface area contributed by atoms with Crippen molar-refractivity contribution in [2.24, 2.45) is 5.92 Å². The molecular formula is C41H44BrClN4O5. The molecule has 272 valence electrons. The molecule has 52 heavy (non-hydrogen) atoms. The van der Waals surface area contributed by atoms with Gasteiger partial charge >= 0.3 is 0 Å². The first-order valence-corrected chi connectivity index (χ1v) is 19.3. The lowest BCUT2D eigenvalue weighted by Gasteiger charge is -2.18. The fourth-order valence-corrected chi connectivity index (χ4v) is 8.62. The standard InChI is InChI=1S/C41H44BrClN4O5/c1-50-39-25(6-3-7-27-14-19-37(49)45-27)21-34(42)41(47-39)52-36-18-16-30-29(8-4-9-31(30)36)32-10-5-11-33(38(32)43)35-17-13-26(40(46-35)51-2)23-44-22-24-12-15-28(48)20-24/h4-5,8-11,13,17,21,24,27,36,44H,3,6-7,12,14-16,18-20,22-23H2,1-2H3,(H,45,49)/t24-,27-,36+/m1/s1. The van der Waals surface area contributed by atoms with Crippen molar-refractivity contribution < 1.29 is 23.8 Å². The van der Waals surface area contributed by atoms with Crippen LogP contribution in [0.1, 0.15) is 79.7 Å². The third-order valence-electron chi connectivity index (χ3n) is 10.5. The molecule has 11 heteroatoms. The fraction of sp³-hybridized carbons (Fsp3) is 0.415. The second-order valence-electron chi connectivity index (χ2n) is 14.0. The van der Waals surface area contributed by atoms with Crippen LogP contribution in [0.25, 0.3) is 22.4 Å². The molecule has 0 bridgehead atoms. The van der Waals surface area contributed by atoms with Crippen LogP contribution in [0.3, 0.4) is 0 Å². The van der Waals surface area contributed by atoms with E-state index in [0.29, 0.717) is 60.2 Å². The van der Waals surface area contributed by atoms with Crippen LogP contribution in [-0.2, 0) is 29.0 Å². The van der Waals surface area contributed by atoms with E-state index in [0.717, 1.165) is 95.0 Å². The number of Topliss-reactive ketones (excluding diaryl/α,β-unsaturated/α-hetero) is 1. The minimum Gasteiger partial charge on any atom is -0.481 e. The summed E-state index contributed by atoms with van der Waals surface area (Å²) >= 11 is 10.9. The van der Waals surface area contributed by atoms with Gasteiger partial charge in [0.1, 0.15) is 11.9 Å². The molecular weight excluding hydrogens is 744 g/mol. The maximum Gasteiger partial charge on any atom is 0.231 e. The lowest BCUT2D eigenvalue weighted by atomic mass is 9.94. The Morgan fingerprint density at radius 1 is 0.885 bits per heavy atom. The highest BCUT2D eigenvalue weighted by molar-refractivity contribution is 9.10. The van der Waals surface area contributed by atoms with Crippen LogP contribution >= 0.6 is 27.5 Å². The van der Waals surface area contributed by atoms with E-state index in [2.05, 4.69) is 50.8 Å². The van der Waals surface area contributed by atoms with Crippen molar-refractivity contribution in [2.75, 3.05) is 20.8 Å². The summed E-state index contributed by atoms with van der Waals surface area (Å²) in [5, 5.41) is 7.16. The topological polar surface area (TPSA) is 112 Å². The van der Waals surface area contributed by atoms with Gasteiger partial charge in [-0.2, -0.15) is 4.98 Å². The summed E-state index contributed by atoms with van der Waals surface area (Å²) in [6.45, 7) is 1.41. The van der Waals surface area contributed by atoms with Crippen molar-refractivity contribution in [1.29, 1.82) is 0 Å². The summed E-state index contributed by atoms with van der Waals surface area (Å²) in [7, 11) is 3.27. The van der Waals surface area contributed by atoms with Crippen molar-refractivity contribution >= 4 is 39.2 Å². The molecule has 1 saturated carbocycles. The number of hydrogen-bond donors (Lipinski definition) is 2. The van der Waals surface area contributed by atoms with E-state index in [1.165, 1.54) is 5.56 Å². The molecule has 4 aromatic rings. The number of carbonyl (C=O) groups excluding carboxylic acids is 2. The zero-order valence-electron chi connectivity index (χ0n) is 29.6. The number of ether oxygens (including phenoxy) is 3. The Hall–Kier alpha value is -3.99.